The molecule has 0 aromatic heterocycles. The highest BCUT2D eigenvalue weighted by atomic mass is 19.4. The van der Waals surface area contributed by atoms with E-state index in [0.29, 0.717) is 13.1 Å². The quantitative estimate of drug-likeness (QED) is 0.622. The van der Waals surface area contributed by atoms with Crippen molar-refractivity contribution in [1.29, 1.82) is 0 Å². The van der Waals surface area contributed by atoms with Crippen LogP contribution in [0.2, 0.25) is 0 Å². The zero-order chi connectivity index (χ0) is 13.3. The van der Waals surface area contributed by atoms with Crippen molar-refractivity contribution in [2.75, 3.05) is 23.7 Å². The van der Waals surface area contributed by atoms with Crippen LogP contribution in [0.4, 0.5) is 28.9 Å². The van der Waals surface area contributed by atoms with E-state index in [0.717, 1.165) is 6.07 Å². The van der Waals surface area contributed by atoms with Gasteiger partial charge in [-0.2, -0.15) is 13.2 Å². The summed E-state index contributed by atoms with van der Waals surface area (Å²) < 4.78 is 51.7. The Balaban J connectivity index is 2.32. The van der Waals surface area contributed by atoms with Crippen molar-refractivity contribution >= 4 is 11.4 Å². The fourth-order valence-electron chi connectivity index (χ4n) is 2.15. The smallest absolute Gasteiger partial charge is 0.399 e. The van der Waals surface area contributed by atoms with E-state index in [1.165, 1.54) is 12.1 Å². The maximum Gasteiger partial charge on any atom is 0.418 e. The Labute approximate surface area is 102 Å². The molecule has 0 radical (unpaired) electrons. The van der Waals surface area contributed by atoms with Crippen LogP contribution < -0.4 is 10.6 Å². The van der Waals surface area contributed by atoms with E-state index in [-0.39, 0.29) is 24.2 Å². The number of anilines is 2. The maximum absolute atomic E-state index is 13.0. The number of piperidine rings is 1. The van der Waals surface area contributed by atoms with Crippen molar-refractivity contribution in [3.05, 3.63) is 23.8 Å². The van der Waals surface area contributed by atoms with Crippen molar-refractivity contribution in [1.82, 2.24) is 0 Å². The second kappa shape index (κ2) is 4.66. The van der Waals surface area contributed by atoms with Crippen molar-refractivity contribution in [3.8, 4) is 0 Å². The number of nitrogens with zero attached hydrogens (tertiary/aromatic N) is 1. The van der Waals surface area contributed by atoms with Crippen LogP contribution in [0.25, 0.3) is 0 Å². The Morgan fingerprint density at radius 1 is 1.17 bits per heavy atom. The van der Waals surface area contributed by atoms with Crippen molar-refractivity contribution in [2.45, 2.75) is 25.2 Å². The van der Waals surface area contributed by atoms with Crippen LogP contribution in [0.1, 0.15) is 18.4 Å². The average molecular weight is 262 g/mol. The predicted molar refractivity (Wildman–Crippen MR) is 62.2 cm³/mol. The van der Waals surface area contributed by atoms with Crippen LogP contribution in [-0.4, -0.2) is 19.3 Å². The molecule has 2 rings (SSSR count). The average Bonchev–Trinajstić information content (AvgIpc) is 2.29. The Bertz CT molecular complexity index is 423. The van der Waals surface area contributed by atoms with Crippen LogP contribution in [0.5, 0.6) is 0 Å². The molecule has 1 aliphatic rings. The van der Waals surface area contributed by atoms with Gasteiger partial charge in [0.05, 0.1) is 5.56 Å². The first-order chi connectivity index (χ1) is 8.38. The fourth-order valence-corrected chi connectivity index (χ4v) is 2.15. The summed E-state index contributed by atoms with van der Waals surface area (Å²) in [5.74, 6) is 0. The Kier molecular flexibility index (Phi) is 3.36. The third-order valence-corrected chi connectivity index (χ3v) is 3.09. The Morgan fingerprint density at radius 3 is 2.33 bits per heavy atom. The summed E-state index contributed by atoms with van der Waals surface area (Å²) in [7, 11) is 0. The Morgan fingerprint density at radius 2 is 1.78 bits per heavy atom. The number of hydrogen-bond donors (Lipinski definition) is 1. The van der Waals surface area contributed by atoms with Crippen LogP contribution in [-0.2, 0) is 6.18 Å². The van der Waals surface area contributed by atoms with E-state index in [2.05, 4.69) is 0 Å². The van der Waals surface area contributed by atoms with Gasteiger partial charge in [0.15, 0.2) is 0 Å². The molecule has 0 unspecified atom stereocenters. The monoisotopic (exact) mass is 262 g/mol. The predicted octanol–water partition coefficient (Wildman–Crippen LogP) is 3.23. The molecule has 18 heavy (non-hydrogen) atoms. The highest BCUT2D eigenvalue weighted by Crippen LogP contribution is 2.38. The second-order valence-electron chi connectivity index (χ2n) is 4.44. The summed E-state index contributed by atoms with van der Waals surface area (Å²) in [5, 5.41) is 0. The van der Waals surface area contributed by atoms with Crippen LogP contribution in [0, 0.1) is 0 Å². The topological polar surface area (TPSA) is 29.3 Å². The minimum absolute atomic E-state index is 0.0754. The van der Waals surface area contributed by atoms with Gasteiger partial charge in [0.1, 0.15) is 6.17 Å². The third kappa shape index (κ3) is 2.68. The second-order valence-corrected chi connectivity index (χ2v) is 4.44. The first kappa shape index (κ1) is 13.0. The van der Waals surface area contributed by atoms with E-state index in [4.69, 9.17) is 5.73 Å². The van der Waals surface area contributed by atoms with E-state index in [1.54, 1.807) is 4.90 Å². The molecule has 1 aromatic rings. The van der Waals surface area contributed by atoms with Crippen molar-refractivity contribution in [3.63, 3.8) is 0 Å². The molecule has 0 atom stereocenters. The number of nitrogens with two attached hydrogens (primary N) is 1. The lowest BCUT2D eigenvalue weighted by molar-refractivity contribution is -0.137. The normalized spacial score (nSPS) is 18.1. The minimum atomic E-state index is -4.45. The molecule has 1 saturated heterocycles. The maximum atomic E-state index is 13.0. The van der Waals surface area contributed by atoms with E-state index >= 15 is 0 Å². The molecule has 1 aromatic carbocycles. The molecule has 0 saturated carbocycles. The van der Waals surface area contributed by atoms with Gasteiger partial charge < -0.3 is 10.6 Å². The molecular formula is C12H14F4N2. The molecule has 1 aliphatic heterocycles. The summed E-state index contributed by atoms with van der Waals surface area (Å²) in [6, 6.07) is 3.72. The summed E-state index contributed by atoms with van der Waals surface area (Å²) in [6.07, 6.45) is -4.83. The number of nitrogen functional groups attached to an aromatic ring is 1. The molecule has 0 bridgehead atoms. The number of rotatable bonds is 1. The first-order valence-corrected chi connectivity index (χ1v) is 5.73. The van der Waals surface area contributed by atoms with E-state index in [1.807, 2.05) is 0 Å². The lowest BCUT2D eigenvalue weighted by Gasteiger charge is -2.32. The van der Waals surface area contributed by atoms with Gasteiger partial charge in [0, 0.05) is 24.5 Å². The lowest BCUT2D eigenvalue weighted by Crippen LogP contribution is -2.35. The van der Waals surface area contributed by atoms with Gasteiger partial charge in [0.2, 0.25) is 0 Å². The molecule has 1 fully saturated rings. The fraction of sp³-hybridized carbons (Fsp3) is 0.500. The van der Waals surface area contributed by atoms with Gasteiger partial charge in [0.25, 0.3) is 0 Å². The first-order valence-electron chi connectivity index (χ1n) is 5.73. The summed E-state index contributed by atoms with van der Waals surface area (Å²) in [5.41, 5.74) is 4.81. The molecule has 2 nitrogen and oxygen atoms in total. The molecular weight excluding hydrogens is 248 g/mol. The SMILES string of the molecule is Nc1ccc(N2CCC(F)CC2)c(C(F)(F)F)c1. The van der Waals surface area contributed by atoms with Crippen molar-refractivity contribution in [2.24, 2.45) is 0 Å². The largest absolute Gasteiger partial charge is 0.418 e. The van der Waals surface area contributed by atoms with Gasteiger partial charge in [-0.15, -0.1) is 0 Å². The summed E-state index contributed by atoms with van der Waals surface area (Å²) in [4.78, 5) is 1.57. The minimum Gasteiger partial charge on any atom is -0.399 e. The number of hydrogen-bond acceptors (Lipinski definition) is 2. The lowest BCUT2D eigenvalue weighted by atomic mass is 10.1. The summed E-state index contributed by atoms with van der Waals surface area (Å²) in [6.45, 7) is 0.600. The number of alkyl halides is 4. The van der Waals surface area contributed by atoms with Crippen LogP contribution in [0.15, 0.2) is 18.2 Å². The molecule has 0 amide bonds. The van der Waals surface area contributed by atoms with Gasteiger partial charge in [-0.1, -0.05) is 0 Å². The Hall–Kier alpha value is -1.46. The van der Waals surface area contributed by atoms with Gasteiger partial charge in [-0.3, -0.25) is 0 Å². The highest BCUT2D eigenvalue weighted by Gasteiger charge is 2.35. The number of halogens is 4. The van der Waals surface area contributed by atoms with Gasteiger partial charge in [-0.05, 0) is 31.0 Å². The summed E-state index contributed by atoms with van der Waals surface area (Å²) >= 11 is 0. The highest BCUT2D eigenvalue weighted by molar-refractivity contribution is 5.61. The molecule has 1 heterocycles. The molecule has 0 spiro atoms. The molecule has 100 valence electrons. The zero-order valence-electron chi connectivity index (χ0n) is 9.67. The molecule has 2 N–H and O–H groups in total. The molecule has 6 heteroatoms. The van der Waals surface area contributed by atoms with Crippen LogP contribution >= 0.6 is 0 Å². The standard InChI is InChI=1S/C12H14F4N2/c13-8-3-5-18(6-4-8)11-2-1-9(17)7-10(11)12(14,15)16/h1-2,7-8H,3-6,17H2. The van der Waals surface area contributed by atoms with Crippen LogP contribution in [0.3, 0.4) is 0 Å². The van der Waals surface area contributed by atoms with Crippen molar-refractivity contribution < 1.29 is 17.6 Å². The molecule has 0 aliphatic carbocycles. The van der Waals surface area contributed by atoms with Gasteiger partial charge in [-0.25, -0.2) is 4.39 Å². The van der Waals surface area contributed by atoms with E-state index in [9.17, 15) is 17.6 Å². The van der Waals surface area contributed by atoms with Gasteiger partial charge >= 0.3 is 6.18 Å². The third-order valence-electron chi connectivity index (χ3n) is 3.09. The van der Waals surface area contributed by atoms with E-state index < -0.39 is 17.9 Å². The number of benzene rings is 1. The zero-order valence-corrected chi connectivity index (χ0v) is 9.67.